The van der Waals surface area contributed by atoms with Crippen LogP contribution < -0.4 is 4.74 Å². The van der Waals surface area contributed by atoms with Crippen LogP contribution in [0.2, 0.25) is 0 Å². The van der Waals surface area contributed by atoms with Gasteiger partial charge < -0.3 is 44.8 Å². The Bertz CT molecular complexity index is 1960. The molecule has 1 aliphatic heterocycles. The van der Waals surface area contributed by atoms with Crippen molar-refractivity contribution in [1.82, 2.24) is 4.90 Å². The third kappa shape index (κ3) is 6.61. The second kappa shape index (κ2) is 14.6. The van der Waals surface area contributed by atoms with E-state index in [1.807, 2.05) is 60.7 Å². The van der Waals surface area contributed by atoms with Crippen LogP contribution in [-0.2, 0) is 29.0 Å². The molecule has 2 aliphatic carbocycles. The smallest absolute Gasteiger partial charge is 0.202 e. The molecule has 1 fully saturated rings. The fourth-order valence-corrected chi connectivity index (χ4v) is 8.07. The second-order valence-electron chi connectivity index (χ2n) is 14.1. The lowest BCUT2D eigenvalue weighted by atomic mass is 9.71. The summed E-state index contributed by atoms with van der Waals surface area (Å²) in [7, 11) is 1.35. The van der Waals surface area contributed by atoms with Crippen molar-refractivity contribution in [2.24, 2.45) is 0 Å². The summed E-state index contributed by atoms with van der Waals surface area (Å²) >= 11 is 0. The van der Waals surface area contributed by atoms with Gasteiger partial charge in [-0.2, -0.15) is 0 Å². The maximum atomic E-state index is 14.0. The van der Waals surface area contributed by atoms with E-state index in [2.05, 4.69) is 4.90 Å². The van der Waals surface area contributed by atoms with Gasteiger partial charge >= 0.3 is 0 Å². The number of aliphatic hydroxyl groups is 4. The number of ketones is 2. The predicted molar refractivity (Wildman–Crippen MR) is 191 cm³/mol. The summed E-state index contributed by atoms with van der Waals surface area (Å²) in [6, 6.07) is 23.6. The van der Waals surface area contributed by atoms with E-state index in [0.29, 0.717) is 13.1 Å². The lowest BCUT2D eigenvalue weighted by molar-refractivity contribution is -0.263. The Balaban J connectivity index is 1.28. The molecule has 0 aromatic heterocycles. The van der Waals surface area contributed by atoms with Gasteiger partial charge in [0.15, 0.2) is 12.1 Å². The van der Waals surface area contributed by atoms with E-state index in [-0.39, 0.29) is 40.8 Å². The highest BCUT2D eigenvalue weighted by molar-refractivity contribution is 6.31. The minimum atomic E-state index is -2.08. The Hall–Kier alpha value is -4.66. The van der Waals surface area contributed by atoms with Gasteiger partial charge in [-0.15, -0.1) is 0 Å². The van der Waals surface area contributed by atoms with Crippen LogP contribution in [0.4, 0.5) is 0 Å². The Kier molecular flexibility index (Phi) is 10.1. The van der Waals surface area contributed by atoms with Gasteiger partial charge in [-0.05, 0) is 24.1 Å². The highest BCUT2D eigenvalue weighted by atomic mass is 16.7. The van der Waals surface area contributed by atoms with Gasteiger partial charge in [0.1, 0.15) is 23.4 Å². The van der Waals surface area contributed by atoms with Crippen molar-refractivity contribution in [3.8, 4) is 17.2 Å². The maximum absolute atomic E-state index is 14.0. The summed E-state index contributed by atoms with van der Waals surface area (Å²) in [6.45, 7) is 1.87. The van der Waals surface area contributed by atoms with Gasteiger partial charge in [-0.25, -0.2) is 0 Å². The summed E-state index contributed by atoms with van der Waals surface area (Å²) in [4.78, 5) is 30.0. The molecule has 53 heavy (non-hydrogen) atoms. The van der Waals surface area contributed by atoms with Crippen LogP contribution in [-0.4, -0.2) is 97.1 Å². The standard InChI is InChI=1S/C41H43NO11/c1-22-36(45)27(42(19-23-10-5-3-6-11-23)20-24-12-7-4-8-13-24)16-31(52-22)53-29-18-41(50,30(44)21-43)17-26-33(29)40(49)35-34(38(26)47)37(46)25-14-9-15-28(51-2)32(25)39(35)48/h3-15,22,27,29-31,36,43-45,47,49-50H,16-21H2,1-2H3/t22-,27+,29+,30+,31-,36-,41-/m0/s1. The molecular formula is C41H43NO11. The molecule has 278 valence electrons. The molecule has 0 saturated carbocycles. The minimum Gasteiger partial charge on any atom is -0.507 e. The number of carbonyl (C=O) groups is 2. The molecule has 4 aromatic carbocycles. The molecule has 1 saturated heterocycles. The van der Waals surface area contributed by atoms with Crippen molar-refractivity contribution in [1.29, 1.82) is 0 Å². The summed E-state index contributed by atoms with van der Waals surface area (Å²) in [5, 5.41) is 67.7. The van der Waals surface area contributed by atoms with Gasteiger partial charge in [-0.1, -0.05) is 72.8 Å². The largest absolute Gasteiger partial charge is 0.507 e. The summed E-state index contributed by atoms with van der Waals surface area (Å²) in [6.07, 6.45) is -6.44. The Morgan fingerprint density at radius 2 is 1.51 bits per heavy atom. The number of rotatable bonds is 10. The third-order valence-corrected chi connectivity index (χ3v) is 10.8. The number of fused-ring (bicyclic) bond motifs is 3. The van der Waals surface area contributed by atoms with Gasteiger partial charge in [0.2, 0.25) is 5.78 Å². The van der Waals surface area contributed by atoms with Crippen LogP contribution in [0.5, 0.6) is 17.2 Å². The van der Waals surface area contributed by atoms with Crippen molar-refractivity contribution >= 4 is 11.6 Å². The van der Waals surface area contributed by atoms with Crippen LogP contribution in [0.3, 0.4) is 0 Å². The van der Waals surface area contributed by atoms with Gasteiger partial charge in [0.05, 0.1) is 54.3 Å². The monoisotopic (exact) mass is 725 g/mol. The Morgan fingerprint density at radius 1 is 0.887 bits per heavy atom. The zero-order chi connectivity index (χ0) is 37.6. The normalized spacial score (nSPS) is 25.8. The lowest BCUT2D eigenvalue weighted by Crippen LogP contribution is -2.55. The quantitative estimate of drug-likeness (QED) is 0.115. The number of hydrogen-bond acceptors (Lipinski definition) is 12. The van der Waals surface area contributed by atoms with Crippen LogP contribution in [0.1, 0.15) is 80.0 Å². The molecule has 0 bridgehead atoms. The van der Waals surface area contributed by atoms with Gasteiger partial charge in [0.25, 0.3) is 0 Å². The number of phenols is 2. The third-order valence-electron chi connectivity index (χ3n) is 10.8. The number of aromatic hydroxyl groups is 2. The van der Waals surface area contributed by atoms with E-state index in [0.717, 1.165) is 11.1 Å². The highest BCUT2D eigenvalue weighted by Crippen LogP contribution is 2.53. The lowest BCUT2D eigenvalue weighted by Gasteiger charge is -2.46. The van der Waals surface area contributed by atoms with E-state index < -0.39 is 89.6 Å². The SMILES string of the molecule is COc1cccc2c1C(=O)c1c(O)c3c(c(O)c1C2=O)C[C@@](O)([C@H](O)CO)C[C@H]3O[C@H]1C[C@@H](N(Cc2ccccc2)Cc2ccccc2)[C@@H](O)[C@H](C)O1. The fourth-order valence-electron chi connectivity index (χ4n) is 8.07. The number of nitrogens with zero attached hydrogens (tertiary/aromatic N) is 1. The van der Waals surface area contributed by atoms with Gasteiger partial charge in [-0.3, -0.25) is 14.5 Å². The minimum absolute atomic E-state index is 0.0319. The van der Waals surface area contributed by atoms with Crippen molar-refractivity contribution in [3.63, 3.8) is 0 Å². The molecule has 0 unspecified atom stereocenters. The number of hydrogen-bond donors (Lipinski definition) is 6. The molecule has 6 N–H and O–H groups in total. The first-order valence-corrected chi connectivity index (χ1v) is 17.6. The van der Waals surface area contributed by atoms with E-state index in [1.54, 1.807) is 6.92 Å². The first-order chi connectivity index (χ1) is 25.4. The van der Waals surface area contributed by atoms with Crippen LogP contribution >= 0.6 is 0 Å². The molecule has 12 heteroatoms. The van der Waals surface area contributed by atoms with Crippen molar-refractivity contribution < 1.29 is 54.4 Å². The summed E-state index contributed by atoms with van der Waals surface area (Å²) in [5.41, 5.74) is -1.19. The maximum Gasteiger partial charge on any atom is 0.202 e. The molecule has 3 aliphatic rings. The number of phenolic OH excluding ortho intramolecular Hbond substituents is 2. The number of aliphatic hydroxyl groups excluding tert-OH is 3. The molecule has 4 aromatic rings. The zero-order valence-electron chi connectivity index (χ0n) is 29.4. The number of methoxy groups -OCH3 is 1. The average Bonchev–Trinajstić information content (AvgIpc) is 3.16. The van der Waals surface area contributed by atoms with Crippen LogP contribution in [0, 0.1) is 0 Å². The average molecular weight is 726 g/mol. The number of benzene rings is 4. The van der Waals surface area contributed by atoms with Gasteiger partial charge in [0, 0.05) is 55.1 Å². The Labute approximate surface area is 306 Å². The topological polar surface area (TPSA) is 186 Å². The molecule has 1 heterocycles. The second-order valence-corrected chi connectivity index (χ2v) is 14.1. The molecule has 7 atom stereocenters. The molecule has 0 radical (unpaired) electrons. The number of ether oxygens (including phenoxy) is 3. The summed E-state index contributed by atoms with van der Waals surface area (Å²) < 4.78 is 18.1. The van der Waals surface area contributed by atoms with E-state index in [1.165, 1.54) is 25.3 Å². The highest BCUT2D eigenvalue weighted by Gasteiger charge is 2.50. The molecular weight excluding hydrogens is 682 g/mol. The van der Waals surface area contributed by atoms with Crippen LogP contribution in [0.15, 0.2) is 78.9 Å². The molecule has 0 spiro atoms. The van der Waals surface area contributed by atoms with E-state index in [4.69, 9.17) is 14.2 Å². The fraction of sp³-hybridized carbons (Fsp3) is 0.366. The van der Waals surface area contributed by atoms with E-state index in [9.17, 15) is 40.2 Å². The summed E-state index contributed by atoms with van der Waals surface area (Å²) in [5.74, 6) is -2.65. The number of carbonyl (C=O) groups excluding carboxylic acids is 2. The predicted octanol–water partition coefficient (Wildman–Crippen LogP) is 3.54. The first-order valence-electron chi connectivity index (χ1n) is 17.6. The zero-order valence-corrected chi connectivity index (χ0v) is 29.4. The molecule has 12 nitrogen and oxygen atoms in total. The Morgan fingerprint density at radius 3 is 2.11 bits per heavy atom. The van der Waals surface area contributed by atoms with Crippen LogP contribution in [0.25, 0.3) is 0 Å². The van der Waals surface area contributed by atoms with E-state index >= 15 is 0 Å². The van der Waals surface area contributed by atoms with Crippen molar-refractivity contribution in [3.05, 3.63) is 123 Å². The van der Waals surface area contributed by atoms with Crippen molar-refractivity contribution in [2.45, 2.75) is 81.6 Å². The molecule has 7 rings (SSSR count). The first kappa shape index (κ1) is 36.7. The van der Waals surface area contributed by atoms with Crippen molar-refractivity contribution in [2.75, 3.05) is 13.7 Å². The molecule has 0 amide bonds.